The second-order valence-corrected chi connectivity index (χ2v) is 2.57. The number of nitrogens with one attached hydrogen (secondary N) is 1. The fraction of sp³-hybridized carbons (Fsp3) is 0.182. The fourth-order valence-corrected chi connectivity index (χ4v) is 0.793. The van der Waals surface area contributed by atoms with Gasteiger partial charge in [0.15, 0.2) is 0 Å². The second kappa shape index (κ2) is 7.35. The molecule has 4 nitrogen and oxygen atoms in total. The Kier molecular flexibility index (Phi) is 6.34. The van der Waals surface area contributed by atoms with E-state index in [4.69, 9.17) is 5.11 Å². The third-order valence-electron chi connectivity index (χ3n) is 1.39. The van der Waals surface area contributed by atoms with Gasteiger partial charge in [0.05, 0.1) is 0 Å². The molecule has 0 fully saturated rings. The number of aliphatic carboxylic acids is 1. The van der Waals surface area contributed by atoms with Crippen molar-refractivity contribution in [2.45, 2.75) is 6.92 Å². The van der Waals surface area contributed by atoms with Crippen LogP contribution in [0.25, 0.3) is 0 Å². The van der Waals surface area contributed by atoms with E-state index in [1.807, 2.05) is 0 Å². The van der Waals surface area contributed by atoms with Crippen molar-refractivity contribution in [1.29, 1.82) is 0 Å². The van der Waals surface area contributed by atoms with Crippen LogP contribution in [-0.2, 0) is 9.59 Å². The van der Waals surface area contributed by atoms with E-state index >= 15 is 0 Å². The molecular formula is C11H13NO3. The normalized spacial score (nSPS) is 10.9. The molecule has 0 aliphatic heterocycles. The van der Waals surface area contributed by atoms with Crippen molar-refractivity contribution in [3.05, 3.63) is 42.2 Å². The van der Waals surface area contributed by atoms with Crippen LogP contribution in [0.3, 0.4) is 0 Å². The first-order valence-electron chi connectivity index (χ1n) is 4.30. The molecule has 0 aromatic carbocycles. The van der Waals surface area contributed by atoms with Crippen molar-refractivity contribution < 1.29 is 14.7 Å². The predicted octanol–water partition coefficient (Wildman–Crippen LogP) is 1.03. The summed E-state index contributed by atoms with van der Waals surface area (Å²) in [6, 6.07) is 0. The molecule has 0 aromatic heterocycles. The summed E-state index contributed by atoms with van der Waals surface area (Å²) in [4.78, 5) is 21.6. The van der Waals surface area contributed by atoms with Crippen LogP contribution >= 0.6 is 0 Å². The third-order valence-corrected chi connectivity index (χ3v) is 1.39. The molecule has 0 aliphatic carbocycles. The number of carboxylic acids is 1. The number of hydrogen-bond acceptors (Lipinski definition) is 2. The highest BCUT2D eigenvalue weighted by molar-refractivity contribution is 5.97. The number of allylic oxidation sites excluding steroid dienone is 3. The third kappa shape index (κ3) is 6.07. The highest BCUT2D eigenvalue weighted by Gasteiger charge is 2.06. The van der Waals surface area contributed by atoms with Crippen LogP contribution in [0.2, 0.25) is 0 Å². The van der Waals surface area contributed by atoms with E-state index in [0.717, 1.165) is 0 Å². The number of rotatable bonds is 5. The number of amides is 1. The van der Waals surface area contributed by atoms with Gasteiger partial charge < -0.3 is 10.4 Å². The van der Waals surface area contributed by atoms with Gasteiger partial charge >= 0.3 is 5.97 Å². The maximum absolute atomic E-state index is 11.4. The maximum Gasteiger partial charge on any atom is 0.322 e. The summed E-state index contributed by atoms with van der Waals surface area (Å²) in [5, 5.41) is 10.6. The van der Waals surface area contributed by atoms with E-state index in [9.17, 15) is 9.59 Å². The van der Waals surface area contributed by atoms with Crippen molar-refractivity contribution in [2.75, 3.05) is 6.54 Å². The Hall–Kier alpha value is -2.06. The Bertz CT molecular complexity index is 347. The molecule has 80 valence electrons. The molecule has 4 heteroatoms. The van der Waals surface area contributed by atoms with Crippen molar-refractivity contribution in [3.63, 3.8) is 0 Å². The molecule has 0 bridgehead atoms. The first-order valence-corrected chi connectivity index (χ1v) is 4.30. The van der Waals surface area contributed by atoms with Crippen LogP contribution in [0.15, 0.2) is 42.2 Å². The molecule has 1 amide bonds. The van der Waals surface area contributed by atoms with Crippen molar-refractivity contribution in [2.24, 2.45) is 0 Å². The molecule has 0 spiro atoms. The van der Waals surface area contributed by atoms with Gasteiger partial charge in [-0.3, -0.25) is 9.59 Å². The number of carbonyl (C=O) groups excluding carboxylic acids is 1. The molecule has 0 heterocycles. The standard InChI is InChI=1S/C11H13NO3/c1-3-5-7-9(6-4-2)11(15)12-8-10(13)14/h4-7H,1,8H2,2H3,(H,12,15)(H,13,14)/b6-4-,9-7+. The lowest BCUT2D eigenvalue weighted by molar-refractivity contribution is -0.137. The summed E-state index contributed by atoms with van der Waals surface area (Å²) in [7, 11) is 0. The average molecular weight is 207 g/mol. The van der Waals surface area contributed by atoms with Crippen LogP contribution in [-0.4, -0.2) is 23.5 Å². The summed E-state index contributed by atoms with van der Waals surface area (Å²) in [6.45, 7) is 4.71. The first kappa shape index (κ1) is 12.9. The molecule has 0 saturated carbocycles. The number of carbonyl (C=O) groups is 2. The van der Waals surface area contributed by atoms with E-state index in [0.29, 0.717) is 5.57 Å². The fourth-order valence-electron chi connectivity index (χ4n) is 0.793. The van der Waals surface area contributed by atoms with Crippen molar-refractivity contribution in [1.82, 2.24) is 5.32 Å². The van der Waals surface area contributed by atoms with Crippen molar-refractivity contribution in [3.8, 4) is 0 Å². The molecule has 0 unspecified atom stereocenters. The Morgan fingerprint density at radius 1 is 1.53 bits per heavy atom. The van der Waals surface area contributed by atoms with E-state index in [1.165, 1.54) is 12.2 Å². The molecule has 0 radical (unpaired) electrons. The highest BCUT2D eigenvalue weighted by Crippen LogP contribution is 1.97. The lowest BCUT2D eigenvalue weighted by Crippen LogP contribution is -2.29. The monoisotopic (exact) mass is 207 g/mol. The topological polar surface area (TPSA) is 66.4 Å². The van der Waals surface area contributed by atoms with Crippen molar-refractivity contribution >= 4 is 11.9 Å². The van der Waals surface area contributed by atoms with Gasteiger partial charge in [0.25, 0.3) is 5.91 Å². The molecule has 0 atom stereocenters. The lowest BCUT2D eigenvalue weighted by Gasteiger charge is -2.01. The summed E-state index contributed by atoms with van der Waals surface area (Å²) >= 11 is 0. The average Bonchev–Trinajstić information content (AvgIpc) is 2.20. The predicted molar refractivity (Wildman–Crippen MR) is 57.3 cm³/mol. The second-order valence-electron chi connectivity index (χ2n) is 2.57. The number of hydrogen-bond donors (Lipinski definition) is 2. The molecule has 0 saturated heterocycles. The van der Waals surface area contributed by atoms with Crippen LogP contribution in [0.4, 0.5) is 0 Å². The summed E-state index contributed by atoms with van der Waals surface area (Å²) in [5.41, 5.74) is 2.85. The minimum Gasteiger partial charge on any atom is -0.480 e. The zero-order valence-corrected chi connectivity index (χ0v) is 8.49. The smallest absolute Gasteiger partial charge is 0.322 e. The minimum atomic E-state index is -1.08. The summed E-state index contributed by atoms with van der Waals surface area (Å²) in [6.07, 6.45) is 6.24. The lowest BCUT2D eigenvalue weighted by atomic mass is 10.2. The molecule has 15 heavy (non-hydrogen) atoms. The molecular weight excluding hydrogens is 194 g/mol. The van der Waals surface area contributed by atoms with Crippen LogP contribution in [0, 0.1) is 0 Å². The number of carboxylic acid groups (broad SMARTS) is 1. The molecule has 0 aromatic rings. The summed E-state index contributed by atoms with van der Waals surface area (Å²) < 4.78 is 0. The van der Waals surface area contributed by atoms with Gasteiger partial charge in [-0.1, -0.05) is 18.7 Å². The molecule has 0 rings (SSSR count). The quantitative estimate of drug-likeness (QED) is 0.402. The summed E-state index contributed by atoms with van der Waals surface area (Å²) in [5.74, 6) is -1.52. The van der Waals surface area contributed by atoms with Gasteiger partial charge in [0.2, 0.25) is 0 Å². The van der Waals surface area contributed by atoms with Crippen LogP contribution < -0.4 is 5.32 Å². The molecule has 0 aliphatic rings. The van der Waals surface area contributed by atoms with Crippen LogP contribution in [0.5, 0.6) is 0 Å². The van der Waals surface area contributed by atoms with E-state index in [1.54, 1.807) is 19.1 Å². The Morgan fingerprint density at radius 3 is 2.67 bits per heavy atom. The van der Waals surface area contributed by atoms with Gasteiger partial charge in [-0.15, -0.1) is 5.73 Å². The van der Waals surface area contributed by atoms with Gasteiger partial charge in [-0.05, 0) is 19.1 Å². The van der Waals surface area contributed by atoms with Gasteiger partial charge in [-0.25, -0.2) is 0 Å². The minimum absolute atomic E-state index is 0.356. The maximum atomic E-state index is 11.4. The van der Waals surface area contributed by atoms with E-state index in [2.05, 4.69) is 17.6 Å². The SMILES string of the molecule is C=C=C/C=C(\C=C/C)C(=O)NCC(=O)O. The van der Waals surface area contributed by atoms with Gasteiger partial charge in [-0.2, -0.15) is 0 Å². The Balaban J connectivity index is 4.56. The zero-order valence-electron chi connectivity index (χ0n) is 8.49. The van der Waals surface area contributed by atoms with E-state index in [-0.39, 0.29) is 0 Å². The Morgan fingerprint density at radius 2 is 2.20 bits per heavy atom. The zero-order chi connectivity index (χ0) is 11.7. The van der Waals surface area contributed by atoms with Gasteiger partial charge in [0, 0.05) is 5.57 Å². The first-order chi connectivity index (χ1) is 7.11. The van der Waals surface area contributed by atoms with Crippen LogP contribution in [0.1, 0.15) is 6.92 Å². The van der Waals surface area contributed by atoms with E-state index < -0.39 is 18.4 Å². The largest absolute Gasteiger partial charge is 0.480 e. The Labute approximate surface area is 88.3 Å². The van der Waals surface area contributed by atoms with Gasteiger partial charge in [0.1, 0.15) is 6.54 Å². The molecule has 2 N–H and O–H groups in total. The highest BCUT2D eigenvalue weighted by atomic mass is 16.4.